The van der Waals surface area contributed by atoms with Gasteiger partial charge in [-0.05, 0) is 17.7 Å². The van der Waals surface area contributed by atoms with Gasteiger partial charge in [-0.1, -0.05) is 42.1 Å². The van der Waals surface area contributed by atoms with Crippen molar-refractivity contribution in [1.29, 1.82) is 0 Å². The molecule has 0 atom stereocenters. The van der Waals surface area contributed by atoms with E-state index in [1.807, 2.05) is 54.1 Å². The number of pyridine rings is 1. The Labute approximate surface area is 168 Å². The number of thioether (sulfide) groups is 1. The van der Waals surface area contributed by atoms with Crippen molar-refractivity contribution in [3.05, 3.63) is 60.4 Å². The van der Waals surface area contributed by atoms with E-state index >= 15 is 0 Å². The fourth-order valence-electron chi connectivity index (χ4n) is 2.68. The first-order valence-electron chi connectivity index (χ1n) is 8.92. The van der Waals surface area contributed by atoms with E-state index < -0.39 is 0 Å². The van der Waals surface area contributed by atoms with Gasteiger partial charge in [0.2, 0.25) is 5.91 Å². The number of carbonyl (C=O) groups excluding carboxylic acids is 1. The predicted octanol–water partition coefficient (Wildman–Crippen LogP) is 2.74. The summed E-state index contributed by atoms with van der Waals surface area (Å²) in [7, 11) is 3.47. The van der Waals surface area contributed by atoms with Gasteiger partial charge in [-0.15, -0.1) is 10.2 Å². The average Bonchev–Trinajstić information content (AvgIpc) is 3.14. The van der Waals surface area contributed by atoms with Crippen LogP contribution in [0.25, 0.3) is 11.4 Å². The minimum absolute atomic E-state index is 0.0422. The zero-order valence-electron chi connectivity index (χ0n) is 16.0. The van der Waals surface area contributed by atoms with Crippen LogP contribution in [0, 0.1) is 0 Å². The zero-order valence-corrected chi connectivity index (χ0v) is 16.8. The summed E-state index contributed by atoms with van der Waals surface area (Å²) in [4.78, 5) is 18.3. The maximum atomic E-state index is 12.5. The van der Waals surface area contributed by atoms with Crippen molar-refractivity contribution < 1.29 is 9.53 Å². The predicted molar refractivity (Wildman–Crippen MR) is 109 cm³/mol. The second kappa shape index (κ2) is 10.0. The maximum Gasteiger partial charge on any atom is 0.233 e. The Bertz CT molecular complexity index is 886. The molecule has 28 heavy (non-hydrogen) atoms. The van der Waals surface area contributed by atoms with Gasteiger partial charge in [0, 0.05) is 38.7 Å². The molecule has 146 valence electrons. The van der Waals surface area contributed by atoms with E-state index in [0.717, 1.165) is 17.0 Å². The first kappa shape index (κ1) is 20.0. The van der Waals surface area contributed by atoms with E-state index in [4.69, 9.17) is 4.74 Å². The number of rotatable bonds is 9. The van der Waals surface area contributed by atoms with Crippen LogP contribution in [0.3, 0.4) is 0 Å². The summed E-state index contributed by atoms with van der Waals surface area (Å²) < 4.78 is 7.20. The van der Waals surface area contributed by atoms with Gasteiger partial charge in [0.1, 0.15) is 0 Å². The molecule has 0 saturated heterocycles. The number of amides is 1. The Hall–Kier alpha value is -2.71. The van der Waals surface area contributed by atoms with Crippen molar-refractivity contribution in [3.63, 3.8) is 0 Å². The lowest BCUT2D eigenvalue weighted by Crippen LogP contribution is -2.27. The third-order valence-electron chi connectivity index (χ3n) is 4.19. The summed E-state index contributed by atoms with van der Waals surface area (Å²) in [6, 6.07) is 13.7. The summed E-state index contributed by atoms with van der Waals surface area (Å²) in [6.45, 7) is 1.72. The number of hydrogen-bond acceptors (Lipinski definition) is 6. The van der Waals surface area contributed by atoms with E-state index in [1.54, 1.807) is 24.4 Å². The van der Waals surface area contributed by atoms with Gasteiger partial charge in [0.05, 0.1) is 18.9 Å². The molecule has 0 bridgehead atoms. The Morgan fingerprint density at radius 2 is 1.89 bits per heavy atom. The van der Waals surface area contributed by atoms with Crippen molar-refractivity contribution in [3.8, 4) is 11.4 Å². The summed E-state index contributed by atoms with van der Waals surface area (Å²) in [5.41, 5.74) is 2.03. The van der Waals surface area contributed by atoms with E-state index in [9.17, 15) is 4.79 Å². The standard InChI is InChI=1S/C20H23N5O2S/c1-24(14-16-6-4-3-5-7-16)18(26)15-28-20-23-22-19(25(20)12-13-27-2)17-8-10-21-11-9-17/h3-11H,12-15H2,1-2H3. The molecule has 0 N–H and O–H groups in total. The van der Waals surface area contributed by atoms with Crippen LogP contribution in [0.4, 0.5) is 0 Å². The van der Waals surface area contributed by atoms with E-state index in [2.05, 4.69) is 15.2 Å². The van der Waals surface area contributed by atoms with Gasteiger partial charge in [-0.2, -0.15) is 0 Å². The van der Waals surface area contributed by atoms with Crippen molar-refractivity contribution >= 4 is 17.7 Å². The Morgan fingerprint density at radius 3 is 2.61 bits per heavy atom. The highest BCUT2D eigenvalue weighted by Crippen LogP contribution is 2.24. The molecule has 0 radical (unpaired) electrons. The molecule has 0 aliphatic heterocycles. The van der Waals surface area contributed by atoms with Crippen LogP contribution in [0.2, 0.25) is 0 Å². The largest absolute Gasteiger partial charge is 0.383 e. The van der Waals surface area contributed by atoms with Crippen LogP contribution in [0.5, 0.6) is 0 Å². The summed E-state index contributed by atoms with van der Waals surface area (Å²) in [5, 5.41) is 9.30. The van der Waals surface area contributed by atoms with Crippen molar-refractivity contribution in [2.45, 2.75) is 18.2 Å². The average molecular weight is 398 g/mol. The van der Waals surface area contributed by atoms with Crippen LogP contribution in [-0.2, 0) is 22.6 Å². The number of nitrogens with zero attached hydrogens (tertiary/aromatic N) is 5. The molecule has 0 fully saturated rings. The van der Waals surface area contributed by atoms with Gasteiger partial charge in [-0.3, -0.25) is 14.3 Å². The Morgan fingerprint density at radius 1 is 1.14 bits per heavy atom. The van der Waals surface area contributed by atoms with Crippen molar-refractivity contribution in [2.75, 3.05) is 26.5 Å². The second-order valence-electron chi connectivity index (χ2n) is 6.21. The Kier molecular flexibility index (Phi) is 7.16. The molecule has 0 saturated carbocycles. The Balaban J connectivity index is 1.68. The molecule has 1 amide bonds. The third-order valence-corrected chi connectivity index (χ3v) is 5.14. The molecule has 0 unspecified atom stereocenters. The normalized spacial score (nSPS) is 10.8. The van der Waals surface area contributed by atoms with Gasteiger partial charge in [0.15, 0.2) is 11.0 Å². The number of aromatic nitrogens is 4. The molecule has 7 nitrogen and oxygen atoms in total. The zero-order chi connectivity index (χ0) is 19.8. The van der Waals surface area contributed by atoms with Gasteiger partial charge >= 0.3 is 0 Å². The summed E-state index contributed by atoms with van der Waals surface area (Å²) >= 11 is 1.39. The SMILES string of the molecule is COCCn1c(SCC(=O)N(C)Cc2ccccc2)nnc1-c1ccncc1. The number of ether oxygens (including phenoxy) is 1. The fraction of sp³-hybridized carbons (Fsp3) is 0.300. The number of methoxy groups -OCH3 is 1. The van der Waals surface area contributed by atoms with Crippen LogP contribution < -0.4 is 0 Å². The molecule has 2 aromatic heterocycles. The van der Waals surface area contributed by atoms with Crippen LogP contribution >= 0.6 is 11.8 Å². The van der Waals surface area contributed by atoms with Crippen molar-refractivity contribution in [2.24, 2.45) is 0 Å². The van der Waals surface area contributed by atoms with Gasteiger partial charge in [-0.25, -0.2) is 0 Å². The lowest BCUT2D eigenvalue weighted by atomic mass is 10.2. The summed E-state index contributed by atoms with van der Waals surface area (Å²) in [5.74, 6) is 1.08. The highest BCUT2D eigenvalue weighted by Gasteiger charge is 2.17. The topological polar surface area (TPSA) is 73.1 Å². The number of carbonyl (C=O) groups is 1. The molecule has 8 heteroatoms. The highest BCUT2D eigenvalue weighted by atomic mass is 32.2. The van der Waals surface area contributed by atoms with Crippen LogP contribution in [0.15, 0.2) is 60.0 Å². The van der Waals surface area contributed by atoms with Gasteiger partial charge in [0.25, 0.3) is 0 Å². The molecule has 0 aliphatic carbocycles. The monoisotopic (exact) mass is 397 g/mol. The first-order chi connectivity index (χ1) is 13.7. The third kappa shape index (κ3) is 5.17. The van der Waals surface area contributed by atoms with E-state index in [1.165, 1.54) is 11.8 Å². The molecule has 0 aliphatic rings. The smallest absolute Gasteiger partial charge is 0.233 e. The second-order valence-corrected chi connectivity index (χ2v) is 7.15. The minimum atomic E-state index is 0.0422. The van der Waals surface area contributed by atoms with Crippen LogP contribution in [-0.4, -0.2) is 57.1 Å². The lowest BCUT2D eigenvalue weighted by Gasteiger charge is -2.17. The molecule has 3 rings (SSSR count). The molecule has 0 spiro atoms. The van der Waals surface area contributed by atoms with Crippen LogP contribution in [0.1, 0.15) is 5.56 Å². The molecule has 2 heterocycles. The summed E-state index contributed by atoms with van der Waals surface area (Å²) in [6.07, 6.45) is 3.44. The van der Waals surface area contributed by atoms with E-state index in [-0.39, 0.29) is 5.91 Å². The molecule has 1 aromatic carbocycles. The fourth-order valence-corrected chi connectivity index (χ4v) is 3.58. The minimum Gasteiger partial charge on any atom is -0.383 e. The number of benzene rings is 1. The maximum absolute atomic E-state index is 12.5. The lowest BCUT2D eigenvalue weighted by molar-refractivity contribution is -0.127. The van der Waals surface area contributed by atoms with Crippen molar-refractivity contribution in [1.82, 2.24) is 24.6 Å². The van der Waals surface area contributed by atoms with Gasteiger partial charge < -0.3 is 9.64 Å². The number of hydrogen-bond donors (Lipinski definition) is 0. The molecule has 3 aromatic rings. The van der Waals surface area contributed by atoms with E-state index in [0.29, 0.717) is 30.6 Å². The molecular weight excluding hydrogens is 374 g/mol. The molecular formula is C20H23N5O2S. The quantitative estimate of drug-likeness (QED) is 0.517. The first-order valence-corrected chi connectivity index (χ1v) is 9.91. The highest BCUT2D eigenvalue weighted by molar-refractivity contribution is 7.99.